The van der Waals surface area contributed by atoms with Gasteiger partial charge in [-0.2, -0.15) is 5.26 Å². The van der Waals surface area contributed by atoms with Crippen LogP contribution >= 0.6 is 27.5 Å². The zero-order chi connectivity index (χ0) is 18.9. The normalized spacial score (nSPS) is 15.1. The summed E-state index contributed by atoms with van der Waals surface area (Å²) >= 11 is 9.44. The standard InChI is InChI=1S/C19H17BrClN3O2/c1-19(26,11-24-7-6-12-8-14(20)3-5-17(12)24)18(25)23-15-4-2-13(10-22)16(21)9-15/h2-5,8-9,26H,6-7,11H2,1H3,(H,23,25)/t19-/m0/s1. The van der Waals surface area contributed by atoms with Crippen LogP contribution in [0.1, 0.15) is 18.1 Å². The van der Waals surface area contributed by atoms with Crippen molar-refractivity contribution in [2.24, 2.45) is 0 Å². The maximum Gasteiger partial charge on any atom is 0.257 e. The van der Waals surface area contributed by atoms with Gasteiger partial charge in [0.05, 0.1) is 17.1 Å². The SMILES string of the molecule is C[C@](O)(CN1CCc2cc(Br)ccc21)C(=O)Nc1ccc(C#N)c(Cl)c1. The highest BCUT2D eigenvalue weighted by molar-refractivity contribution is 9.10. The van der Waals surface area contributed by atoms with Gasteiger partial charge in [-0.05, 0) is 55.3 Å². The summed E-state index contributed by atoms with van der Waals surface area (Å²) in [6.07, 6.45) is 0.873. The van der Waals surface area contributed by atoms with Crippen molar-refractivity contribution in [2.75, 3.05) is 23.3 Å². The number of nitrogens with one attached hydrogen (secondary N) is 1. The number of hydrogen-bond acceptors (Lipinski definition) is 4. The maximum absolute atomic E-state index is 12.6. The Balaban J connectivity index is 1.72. The second kappa shape index (κ2) is 7.28. The molecule has 1 atom stereocenters. The summed E-state index contributed by atoms with van der Waals surface area (Å²) in [7, 11) is 0. The van der Waals surface area contributed by atoms with Crippen LogP contribution < -0.4 is 10.2 Å². The van der Waals surface area contributed by atoms with Gasteiger partial charge in [0.1, 0.15) is 6.07 Å². The monoisotopic (exact) mass is 433 g/mol. The Hall–Kier alpha value is -2.07. The highest BCUT2D eigenvalue weighted by Gasteiger charge is 2.35. The van der Waals surface area contributed by atoms with Crippen LogP contribution in [0, 0.1) is 11.3 Å². The molecule has 134 valence electrons. The number of aliphatic hydroxyl groups is 1. The van der Waals surface area contributed by atoms with Crippen molar-refractivity contribution in [1.29, 1.82) is 5.26 Å². The highest BCUT2D eigenvalue weighted by Crippen LogP contribution is 2.31. The molecule has 5 nitrogen and oxygen atoms in total. The van der Waals surface area contributed by atoms with Crippen LogP contribution in [-0.4, -0.2) is 29.7 Å². The number of anilines is 2. The Morgan fingerprint density at radius 3 is 2.88 bits per heavy atom. The van der Waals surface area contributed by atoms with Crippen molar-refractivity contribution >= 4 is 44.8 Å². The molecule has 26 heavy (non-hydrogen) atoms. The molecule has 0 saturated carbocycles. The fourth-order valence-electron chi connectivity index (χ4n) is 3.00. The molecule has 0 saturated heterocycles. The van der Waals surface area contributed by atoms with Gasteiger partial charge in [0.15, 0.2) is 5.60 Å². The van der Waals surface area contributed by atoms with Gasteiger partial charge in [-0.25, -0.2) is 0 Å². The lowest BCUT2D eigenvalue weighted by molar-refractivity contribution is -0.131. The Labute approximate surface area is 165 Å². The molecule has 1 heterocycles. The second-order valence-corrected chi connectivity index (χ2v) is 7.80. The zero-order valence-corrected chi connectivity index (χ0v) is 16.4. The molecular weight excluding hydrogens is 418 g/mol. The van der Waals surface area contributed by atoms with Crippen molar-refractivity contribution in [3.8, 4) is 6.07 Å². The molecule has 0 spiro atoms. The predicted molar refractivity (Wildman–Crippen MR) is 105 cm³/mol. The van der Waals surface area contributed by atoms with Gasteiger partial charge in [-0.15, -0.1) is 0 Å². The lowest BCUT2D eigenvalue weighted by atomic mass is 10.0. The first-order valence-corrected chi connectivity index (χ1v) is 9.24. The third-order valence-electron chi connectivity index (χ3n) is 4.37. The lowest BCUT2D eigenvalue weighted by Crippen LogP contribution is -2.49. The molecule has 1 amide bonds. The van der Waals surface area contributed by atoms with Gasteiger partial charge in [0.2, 0.25) is 0 Å². The molecule has 7 heteroatoms. The van der Waals surface area contributed by atoms with Crippen LogP contribution in [0.3, 0.4) is 0 Å². The Kier molecular flexibility index (Phi) is 5.24. The third kappa shape index (κ3) is 3.85. The van der Waals surface area contributed by atoms with Crippen molar-refractivity contribution in [2.45, 2.75) is 18.9 Å². The number of benzene rings is 2. The number of halogens is 2. The van der Waals surface area contributed by atoms with Gasteiger partial charge in [-0.1, -0.05) is 27.5 Å². The quantitative estimate of drug-likeness (QED) is 0.769. The number of hydrogen-bond donors (Lipinski definition) is 2. The minimum absolute atomic E-state index is 0.178. The molecule has 0 aliphatic carbocycles. The van der Waals surface area contributed by atoms with Crippen LogP contribution in [0.15, 0.2) is 40.9 Å². The third-order valence-corrected chi connectivity index (χ3v) is 5.17. The summed E-state index contributed by atoms with van der Waals surface area (Å²) in [6.45, 7) is 2.42. The molecule has 0 bridgehead atoms. The van der Waals surface area contributed by atoms with Crippen LogP contribution in [0.2, 0.25) is 5.02 Å². The summed E-state index contributed by atoms with van der Waals surface area (Å²) in [4.78, 5) is 14.6. The Morgan fingerprint density at radius 1 is 1.42 bits per heavy atom. The maximum atomic E-state index is 12.6. The zero-order valence-electron chi connectivity index (χ0n) is 14.1. The van der Waals surface area contributed by atoms with E-state index in [0.717, 1.165) is 23.1 Å². The van der Waals surface area contributed by atoms with E-state index < -0.39 is 11.5 Å². The predicted octanol–water partition coefficient (Wildman–Crippen LogP) is 3.73. The van der Waals surface area contributed by atoms with Gasteiger partial charge in [-0.3, -0.25) is 4.79 Å². The smallest absolute Gasteiger partial charge is 0.257 e. The highest BCUT2D eigenvalue weighted by atomic mass is 79.9. The largest absolute Gasteiger partial charge is 0.378 e. The number of rotatable bonds is 4. The molecule has 3 rings (SSSR count). The molecule has 0 unspecified atom stereocenters. The van der Waals surface area contributed by atoms with Crippen molar-refractivity contribution < 1.29 is 9.90 Å². The fraction of sp³-hybridized carbons (Fsp3) is 0.263. The molecule has 0 fully saturated rings. The van der Waals surface area contributed by atoms with E-state index in [1.807, 2.05) is 23.1 Å². The van der Waals surface area contributed by atoms with Crippen molar-refractivity contribution in [1.82, 2.24) is 0 Å². The molecule has 1 aliphatic heterocycles. The van der Waals surface area contributed by atoms with Crippen LogP contribution in [0.4, 0.5) is 11.4 Å². The van der Waals surface area contributed by atoms with Gasteiger partial charge >= 0.3 is 0 Å². The van der Waals surface area contributed by atoms with Gasteiger partial charge in [0, 0.05) is 22.4 Å². The van der Waals surface area contributed by atoms with E-state index >= 15 is 0 Å². The van der Waals surface area contributed by atoms with Gasteiger partial charge < -0.3 is 15.3 Å². The van der Waals surface area contributed by atoms with Crippen LogP contribution in [-0.2, 0) is 11.2 Å². The number of fused-ring (bicyclic) bond motifs is 1. The number of nitrogens with zero attached hydrogens (tertiary/aromatic N) is 2. The van der Waals surface area contributed by atoms with Crippen LogP contribution in [0.25, 0.3) is 0 Å². The molecule has 0 radical (unpaired) electrons. The van der Waals surface area contributed by atoms with Crippen LogP contribution in [0.5, 0.6) is 0 Å². The number of carbonyl (C=O) groups is 1. The summed E-state index contributed by atoms with van der Waals surface area (Å²) in [5.41, 5.74) is 1.40. The van der Waals surface area contributed by atoms with Crippen molar-refractivity contribution in [3.63, 3.8) is 0 Å². The number of amides is 1. The van der Waals surface area contributed by atoms with E-state index in [2.05, 4.69) is 27.3 Å². The lowest BCUT2D eigenvalue weighted by Gasteiger charge is -2.29. The Bertz CT molecular complexity index is 908. The summed E-state index contributed by atoms with van der Waals surface area (Å²) < 4.78 is 1.01. The average molecular weight is 435 g/mol. The molecular formula is C19H17BrClN3O2. The summed E-state index contributed by atoms with van der Waals surface area (Å²) in [6, 6.07) is 12.6. The summed E-state index contributed by atoms with van der Waals surface area (Å²) in [5.74, 6) is -0.524. The first kappa shape index (κ1) is 18.7. The minimum Gasteiger partial charge on any atom is -0.378 e. The second-order valence-electron chi connectivity index (χ2n) is 6.48. The molecule has 2 N–H and O–H groups in total. The summed E-state index contributed by atoms with van der Waals surface area (Å²) in [5, 5.41) is 22.5. The van der Waals surface area contributed by atoms with E-state index in [1.54, 1.807) is 6.07 Å². The first-order valence-electron chi connectivity index (χ1n) is 8.07. The molecule has 1 aliphatic rings. The van der Waals surface area contributed by atoms with Crippen molar-refractivity contribution in [3.05, 3.63) is 57.0 Å². The fourth-order valence-corrected chi connectivity index (χ4v) is 3.63. The number of carbonyl (C=O) groups excluding carboxylic acids is 1. The van der Waals surface area contributed by atoms with E-state index in [9.17, 15) is 9.90 Å². The Morgan fingerprint density at radius 2 is 2.19 bits per heavy atom. The van der Waals surface area contributed by atoms with E-state index in [-0.39, 0.29) is 11.6 Å². The number of β-amino-alcohol motifs (C(OH)–C–C–N with tert-alkyl or cyclic N) is 1. The minimum atomic E-state index is -1.59. The topological polar surface area (TPSA) is 76.4 Å². The van der Waals surface area contributed by atoms with Gasteiger partial charge in [0.25, 0.3) is 5.91 Å². The average Bonchev–Trinajstić information content (AvgIpc) is 2.96. The molecule has 0 aromatic heterocycles. The first-order chi connectivity index (χ1) is 12.3. The van der Waals surface area contributed by atoms with E-state index in [1.165, 1.54) is 24.6 Å². The number of nitriles is 1. The molecule has 2 aromatic rings. The van der Waals surface area contributed by atoms with E-state index in [0.29, 0.717) is 11.3 Å². The molecule has 2 aromatic carbocycles. The van der Waals surface area contributed by atoms with E-state index in [4.69, 9.17) is 16.9 Å².